The minimum Gasteiger partial charge on any atom is -0.491 e. The standard InChI is InChI=1S/C28H33N3O2/c1-20(2)33-25-15-11-23(12-16-25)28(32)29-19-27(22-9-13-24(14-10-22)30(3)4)31-18-17-21-7-5-6-8-26(21)31/h5-16,20,27H,17-19H2,1-4H3,(H,29,32)/t27-/m1/s1. The third-order valence-corrected chi connectivity index (χ3v) is 6.04. The molecule has 4 rings (SSSR count). The number of carbonyl (C=O) groups excluding carboxylic acids is 1. The van der Waals surface area contributed by atoms with Gasteiger partial charge in [0, 0.05) is 44.1 Å². The Morgan fingerprint density at radius 2 is 1.70 bits per heavy atom. The van der Waals surface area contributed by atoms with E-state index in [1.54, 1.807) is 0 Å². The van der Waals surface area contributed by atoms with Gasteiger partial charge in [0.15, 0.2) is 0 Å². The van der Waals surface area contributed by atoms with E-state index in [1.165, 1.54) is 16.8 Å². The first-order valence-electron chi connectivity index (χ1n) is 11.6. The molecule has 1 atom stereocenters. The van der Waals surface area contributed by atoms with Crippen molar-refractivity contribution in [2.24, 2.45) is 0 Å². The Morgan fingerprint density at radius 1 is 1.00 bits per heavy atom. The molecule has 0 fully saturated rings. The van der Waals surface area contributed by atoms with Crippen molar-refractivity contribution in [2.45, 2.75) is 32.4 Å². The molecule has 3 aromatic carbocycles. The van der Waals surface area contributed by atoms with Crippen LogP contribution in [0.1, 0.15) is 41.4 Å². The van der Waals surface area contributed by atoms with Crippen LogP contribution >= 0.6 is 0 Å². The van der Waals surface area contributed by atoms with Crippen LogP contribution in [0, 0.1) is 0 Å². The van der Waals surface area contributed by atoms with Crippen LogP contribution in [0.25, 0.3) is 0 Å². The number of para-hydroxylation sites is 1. The van der Waals surface area contributed by atoms with Gasteiger partial charge in [0.1, 0.15) is 5.75 Å². The van der Waals surface area contributed by atoms with Gasteiger partial charge in [-0.15, -0.1) is 0 Å². The highest BCUT2D eigenvalue weighted by atomic mass is 16.5. The van der Waals surface area contributed by atoms with E-state index in [2.05, 4.69) is 63.6 Å². The summed E-state index contributed by atoms with van der Waals surface area (Å²) < 4.78 is 5.69. The van der Waals surface area contributed by atoms with Gasteiger partial charge in [-0.05, 0) is 73.9 Å². The van der Waals surface area contributed by atoms with Gasteiger partial charge in [-0.1, -0.05) is 30.3 Å². The molecule has 5 heteroatoms. The average molecular weight is 444 g/mol. The van der Waals surface area contributed by atoms with Crippen LogP contribution in [-0.4, -0.2) is 39.2 Å². The molecule has 0 saturated carbocycles. The van der Waals surface area contributed by atoms with Gasteiger partial charge in [-0.25, -0.2) is 0 Å². The number of anilines is 2. The topological polar surface area (TPSA) is 44.8 Å². The molecule has 0 saturated heterocycles. The Kier molecular flexibility index (Phi) is 6.87. The monoisotopic (exact) mass is 443 g/mol. The molecule has 0 spiro atoms. The van der Waals surface area contributed by atoms with Crippen LogP contribution in [0.3, 0.4) is 0 Å². The molecule has 1 aliphatic rings. The van der Waals surface area contributed by atoms with Gasteiger partial charge in [0.25, 0.3) is 5.91 Å². The minimum atomic E-state index is -0.0755. The third kappa shape index (κ3) is 5.30. The van der Waals surface area contributed by atoms with Gasteiger partial charge in [0.05, 0.1) is 12.1 Å². The Morgan fingerprint density at radius 3 is 2.36 bits per heavy atom. The quantitative estimate of drug-likeness (QED) is 0.528. The van der Waals surface area contributed by atoms with Crippen molar-refractivity contribution in [1.82, 2.24) is 5.32 Å². The number of rotatable bonds is 8. The molecule has 5 nitrogen and oxygen atoms in total. The number of amides is 1. The second-order valence-electron chi connectivity index (χ2n) is 8.97. The van der Waals surface area contributed by atoms with Crippen molar-refractivity contribution in [2.75, 3.05) is 37.0 Å². The first-order valence-corrected chi connectivity index (χ1v) is 11.6. The van der Waals surface area contributed by atoms with Crippen LogP contribution in [0.15, 0.2) is 72.8 Å². The van der Waals surface area contributed by atoms with Gasteiger partial charge < -0.3 is 19.9 Å². The van der Waals surface area contributed by atoms with Gasteiger partial charge in [-0.3, -0.25) is 4.79 Å². The lowest BCUT2D eigenvalue weighted by Crippen LogP contribution is -2.37. The second-order valence-corrected chi connectivity index (χ2v) is 8.97. The molecule has 3 aromatic rings. The van der Waals surface area contributed by atoms with E-state index >= 15 is 0 Å². The summed E-state index contributed by atoms with van der Waals surface area (Å²) in [5.74, 6) is 0.697. The van der Waals surface area contributed by atoms with Crippen molar-refractivity contribution in [3.63, 3.8) is 0 Å². The molecular weight excluding hydrogens is 410 g/mol. The summed E-state index contributed by atoms with van der Waals surface area (Å²) >= 11 is 0. The molecule has 0 aromatic heterocycles. The fourth-order valence-electron chi connectivity index (χ4n) is 4.34. The lowest BCUT2D eigenvalue weighted by atomic mass is 10.0. The van der Waals surface area contributed by atoms with Crippen molar-refractivity contribution in [3.8, 4) is 5.75 Å². The van der Waals surface area contributed by atoms with E-state index in [0.717, 1.165) is 24.4 Å². The maximum Gasteiger partial charge on any atom is 0.251 e. The predicted molar refractivity (Wildman–Crippen MR) is 136 cm³/mol. The maximum absolute atomic E-state index is 12.9. The Labute approximate surface area is 197 Å². The number of benzene rings is 3. The van der Waals surface area contributed by atoms with E-state index < -0.39 is 0 Å². The summed E-state index contributed by atoms with van der Waals surface area (Å²) in [6.07, 6.45) is 1.13. The first kappa shape index (κ1) is 22.7. The SMILES string of the molecule is CC(C)Oc1ccc(C(=O)NC[C@H](c2ccc(N(C)C)cc2)N2CCc3ccccc32)cc1. The number of hydrogen-bond donors (Lipinski definition) is 1. The smallest absolute Gasteiger partial charge is 0.251 e. The van der Waals surface area contributed by atoms with Crippen LogP contribution in [0.4, 0.5) is 11.4 Å². The zero-order valence-corrected chi connectivity index (χ0v) is 19.9. The van der Waals surface area contributed by atoms with Crippen LogP contribution < -0.4 is 19.9 Å². The van der Waals surface area contributed by atoms with Gasteiger partial charge in [0.2, 0.25) is 0 Å². The Balaban J connectivity index is 1.53. The van der Waals surface area contributed by atoms with E-state index in [1.807, 2.05) is 52.2 Å². The van der Waals surface area contributed by atoms with E-state index in [-0.39, 0.29) is 18.1 Å². The summed E-state index contributed by atoms with van der Waals surface area (Å²) in [5, 5.41) is 3.17. The van der Waals surface area contributed by atoms with Crippen molar-refractivity contribution in [3.05, 3.63) is 89.5 Å². The van der Waals surface area contributed by atoms with Crippen molar-refractivity contribution in [1.29, 1.82) is 0 Å². The number of nitrogens with one attached hydrogen (secondary N) is 1. The molecule has 172 valence electrons. The predicted octanol–water partition coefficient (Wildman–Crippen LogP) is 5.07. The summed E-state index contributed by atoms with van der Waals surface area (Å²) in [5.41, 5.74) is 5.60. The summed E-state index contributed by atoms with van der Waals surface area (Å²) in [6.45, 7) is 5.44. The number of carbonyl (C=O) groups is 1. The highest BCUT2D eigenvalue weighted by molar-refractivity contribution is 5.94. The lowest BCUT2D eigenvalue weighted by molar-refractivity contribution is 0.0951. The maximum atomic E-state index is 12.9. The van der Waals surface area contributed by atoms with Crippen molar-refractivity contribution >= 4 is 17.3 Å². The molecule has 0 bridgehead atoms. The fraction of sp³-hybridized carbons (Fsp3) is 0.321. The Hall–Kier alpha value is -3.47. The largest absolute Gasteiger partial charge is 0.491 e. The van der Waals surface area contributed by atoms with Crippen LogP contribution in [0.2, 0.25) is 0 Å². The third-order valence-electron chi connectivity index (χ3n) is 6.04. The number of fused-ring (bicyclic) bond motifs is 1. The van der Waals surface area contributed by atoms with Crippen LogP contribution in [0.5, 0.6) is 5.75 Å². The zero-order chi connectivity index (χ0) is 23.4. The number of ether oxygens (including phenoxy) is 1. The number of hydrogen-bond acceptors (Lipinski definition) is 4. The lowest BCUT2D eigenvalue weighted by Gasteiger charge is -2.31. The molecular formula is C28H33N3O2. The Bertz CT molecular complexity index is 1080. The molecule has 0 radical (unpaired) electrons. The first-order chi connectivity index (χ1) is 15.9. The van der Waals surface area contributed by atoms with E-state index in [0.29, 0.717) is 12.1 Å². The summed E-state index contributed by atoms with van der Waals surface area (Å²) in [7, 11) is 4.09. The highest BCUT2D eigenvalue weighted by Crippen LogP contribution is 2.35. The van der Waals surface area contributed by atoms with E-state index in [4.69, 9.17) is 4.74 Å². The molecule has 33 heavy (non-hydrogen) atoms. The normalized spacial score (nSPS) is 13.5. The highest BCUT2D eigenvalue weighted by Gasteiger charge is 2.27. The van der Waals surface area contributed by atoms with Crippen molar-refractivity contribution < 1.29 is 9.53 Å². The van der Waals surface area contributed by atoms with Crippen LogP contribution in [-0.2, 0) is 6.42 Å². The molecule has 0 aliphatic carbocycles. The summed E-state index contributed by atoms with van der Waals surface area (Å²) in [6, 6.07) is 24.6. The molecule has 1 heterocycles. The molecule has 0 unspecified atom stereocenters. The van der Waals surface area contributed by atoms with E-state index in [9.17, 15) is 4.79 Å². The zero-order valence-electron chi connectivity index (χ0n) is 19.9. The summed E-state index contributed by atoms with van der Waals surface area (Å²) in [4.78, 5) is 17.5. The second kappa shape index (κ2) is 9.99. The van der Waals surface area contributed by atoms with Gasteiger partial charge in [-0.2, -0.15) is 0 Å². The fourth-order valence-corrected chi connectivity index (χ4v) is 4.34. The number of nitrogens with zero attached hydrogens (tertiary/aromatic N) is 2. The molecule has 1 aliphatic heterocycles. The molecule has 1 N–H and O–H groups in total. The minimum absolute atomic E-state index is 0.0531. The average Bonchev–Trinajstić information content (AvgIpc) is 3.23. The molecule has 1 amide bonds. The van der Waals surface area contributed by atoms with Gasteiger partial charge >= 0.3 is 0 Å².